The van der Waals surface area contributed by atoms with Crippen molar-refractivity contribution < 1.29 is 29.3 Å². The Bertz CT molecular complexity index is 1190. The minimum Gasteiger partial charge on any atom is -0.506 e. The number of ether oxygens (including phenoxy) is 1. The molecule has 0 radical (unpaired) electrons. The van der Waals surface area contributed by atoms with Crippen LogP contribution in [0.4, 0.5) is 10.5 Å². The van der Waals surface area contributed by atoms with E-state index in [1.165, 1.54) is 19.1 Å². The number of phenolic OH excluding ortho intramolecular Hbond substituents is 1. The molecule has 0 fully saturated rings. The number of hydrogen-bond acceptors (Lipinski definition) is 5. The molecule has 3 aromatic rings. The maximum Gasteiger partial charge on any atom is 0.407 e. The van der Waals surface area contributed by atoms with E-state index >= 15 is 0 Å². The second-order valence-corrected chi connectivity index (χ2v) is 7.72. The lowest BCUT2D eigenvalue weighted by atomic mass is 9.98. The third-order valence-corrected chi connectivity index (χ3v) is 5.57. The molecule has 0 bridgehead atoms. The van der Waals surface area contributed by atoms with Crippen LogP contribution in [0.15, 0.2) is 66.7 Å². The molecule has 0 saturated heterocycles. The summed E-state index contributed by atoms with van der Waals surface area (Å²) >= 11 is 0. The first-order valence-corrected chi connectivity index (χ1v) is 10.3. The highest BCUT2D eigenvalue weighted by atomic mass is 16.5. The van der Waals surface area contributed by atoms with Crippen molar-refractivity contribution in [3.63, 3.8) is 0 Å². The minimum atomic E-state index is -1.20. The average Bonchev–Trinajstić information content (AvgIpc) is 3.12. The lowest BCUT2D eigenvalue weighted by Gasteiger charge is -2.17. The highest BCUT2D eigenvalue weighted by Crippen LogP contribution is 2.44. The lowest BCUT2D eigenvalue weighted by Crippen LogP contribution is -2.42. The maximum atomic E-state index is 12.4. The number of carboxylic acid groups (broad SMARTS) is 1. The third kappa shape index (κ3) is 4.50. The third-order valence-electron chi connectivity index (χ3n) is 5.57. The van der Waals surface area contributed by atoms with Gasteiger partial charge in [0.1, 0.15) is 18.4 Å². The van der Waals surface area contributed by atoms with Crippen LogP contribution >= 0.6 is 0 Å². The first-order chi connectivity index (χ1) is 15.8. The Morgan fingerprint density at radius 3 is 2.18 bits per heavy atom. The number of carbonyl (C=O) groups is 3. The Hall–Kier alpha value is -4.33. The monoisotopic (exact) mass is 446 g/mol. The molecule has 0 heterocycles. The van der Waals surface area contributed by atoms with Crippen LogP contribution in [0.3, 0.4) is 0 Å². The summed E-state index contributed by atoms with van der Waals surface area (Å²) in [6, 6.07) is 18.4. The van der Waals surface area contributed by atoms with Gasteiger partial charge in [-0.1, -0.05) is 48.5 Å². The van der Waals surface area contributed by atoms with Gasteiger partial charge in [0, 0.05) is 5.92 Å². The molecule has 1 aliphatic carbocycles. The first kappa shape index (κ1) is 21.9. The predicted molar refractivity (Wildman–Crippen MR) is 121 cm³/mol. The van der Waals surface area contributed by atoms with Crippen LogP contribution in [0.5, 0.6) is 5.75 Å². The van der Waals surface area contributed by atoms with Crippen molar-refractivity contribution in [2.75, 3.05) is 11.9 Å². The van der Waals surface area contributed by atoms with Crippen LogP contribution in [0.2, 0.25) is 0 Å². The van der Waals surface area contributed by atoms with Gasteiger partial charge in [0.2, 0.25) is 5.91 Å². The molecule has 168 valence electrons. The summed E-state index contributed by atoms with van der Waals surface area (Å²) in [5.74, 6) is -2.23. The van der Waals surface area contributed by atoms with Crippen molar-refractivity contribution in [1.82, 2.24) is 5.32 Å². The van der Waals surface area contributed by atoms with Gasteiger partial charge in [-0.25, -0.2) is 9.59 Å². The molecular weight excluding hydrogens is 424 g/mol. The molecule has 0 aliphatic heterocycles. The fraction of sp³-hybridized carbons (Fsp3) is 0.160. The number of amides is 2. The van der Waals surface area contributed by atoms with Crippen LogP contribution in [0, 0.1) is 0 Å². The number of aromatic hydroxyl groups is 1. The van der Waals surface area contributed by atoms with Crippen LogP contribution in [-0.4, -0.2) is 40.8 Å². The Morgan fingerprint density at radius 2 is 1.58 bits per heavy atom. The SMILES string of the molecule is CC(NC(=O)OCC1c2ccccc2-c2ccccc21)C(=O)Nc1cc(C(=O)O)ccc1O. The minimum absolute atomic E-state index is 0.0684. The number of aromatic carboxylic acids is 1. The number of anilines is 1. The fourth-order valence-electron chi connectivity index (χ4n) is 3.89. The van der Waals surface area contributed by atoms with Gasteiger partial charge >= 0.3 is 12.1 Å². The Labute approximate surface area is 189 Å². The zero-order valence-electron chi connectivity index (χ0n) is 17.7. The number of benzene rings is 3. The zero-order chi connectivity index (χ0) is 23.5. The molecule has 0 spiro atoms. The molecule has 1 aliphatic rings. The van der Waals surface area contributed by atoms with Gasteiger partial charge in [-0.05, 0) is 47.4 Å². The fourth-order valence-corrected chi connectivity index (χ4v) is 3.89. The van der Waals surface area contributed by atoms with E-state index in [0.717, 1.165) is 28.3 Å². The summed E-state index contributed by atoms with van der Waals surface area (Å²) in [6.45, 7) is 1.56. The van der Waals surface area contributed by atoms with Crippen molar-refractivity contribution in [3.8, 4) is 16.9 Å². The number of alkyl carbamates (subject to hydrolysis) is 1. The van der Waals surface area contributed by atoms with Crippen molar-refractivity contribution >= 4 is 23.7 Å². The molecule has 1 atom stereocenters. The normalized spacial score (nSPS) is 12.9. The summed E-state index contributed by atoms with van der Waals surface area (Å²) in [4.78, 5) is 35.9. The van der Waals surface area contributed by atoms with Crippen molar-refractivity contribution in [1.29, 1.82) is 0 Å². The molecule has 8 heteroatoms. The van der Waals surface area contributed by atoms with E-state index in [1.807, 2.05) is 48.5 Å². The van der Waals surface area contributed by atoms with Crippen molar-refractivity contribution in [2.24, 2.45) is 0 Å². The van der Waals surface area contributed by atoms with E-state index in [2.05, 4.69) is 10.6 Å². The predicted octanol–water partition coefficient (Wildman–Crippen LogP) is 3.96. The van der Waals surface area contributed by atoms with Crippen molar-refractivity contribution in [3.05, 3.63) is 83.4 Å². The van der Waals surface area contributed by atoms with Gasteiger partial charge in [-0.2, -0.15) is 0 Å². The largest absolute Gasteiger partial charge is 0.506 e. The van der Waals surface area contributed by atoms with Crippen molar-refractivity contribution in [2.45, 2.75) is 18.9 Å². The van der Waals surface area contributed by atoms with Gasteiger partial charge < -0.3 is 25.6 Å². The number of carbonyl (C=O) groups excluding carboxylic acids is 2. The van der Waals surface area contributed by atoms with E-state index in [4.69, 9.17) is 9.84 Å². The number of nitrogens with one attached hydrogen (secondary N) is 2. The molecule has 3 aromatic carbocycles. The number of fused-ring (bicyclic) bond motifs is 3. The van der Waals surface area contributed by atoms with E-state index < -0.39 is 24.0 Å². The first-order valence-electron chi connectivity index (χ1n) is 10.3. The molecular formula is C25H22N2O6. The summed E-state index contributed by atoms with van der Waals surface area (Å²) in [5, 5.41) is 23.8. The zero-order valence-corrected chi connectivity index (χ0v) is 17.7. The Morgan fingerprint density at radius 1 is 0.970 bits per heavy atom. The van der Waals surface area contributed by atoms with Gasteiger partial charge in [-0.15, -0.1) is 0 Å². The van der Waals surface area contributed by atoms with Gasteiger partial charge in [0.05, 0.1) is 11.3 Å². The van der Waals surface area contributed by atoms with Crippen LogP contribution in [-0.2, 0) is 9.53 Å². The number of rotatable bonds is 6. The van der Waals surface area contributed by atoms with E-state index in [0.29, 0.717) is 0 Å². The molecule has 4 rings (SSSR count). The molecule has 4 N–H and O–H groups in total. The highest BCUT2D eigenvalue weighted by molar-refractivity contribution is 5.99. The molecule has 33 heavy (non-hydrogen) atoms. The second kappa shape index (κ2) is 9.04. The summed E-state index contributed by atoms with van der Waals surface area (Å²) in [5.41, 5.74) is 4.20. The molecule has 2 amide bonds. The smallest absolute Gasteiger partial charge is 0.407 e. The number of phenols is 1. The standard InChI is InChI=1S/C25H22N2O6/c1-14(23(29)27-21-12-15(24(30)31)10-11-22(21)28)26-25(32)33-13-20-18-8-4-2-6-16(18)17-7-3-5-9-19(17)20/h2-12,14,20,28H,13H2,1H3,(H,26,32)(H,27,29)(H,30,31). The Kier molecular flexibility index (Phi) is 5.99. The second-order valence-electron chi connectivity index (χ2n) is 7.72. The number of carboxylic acids is 1. The summed E-state index contributed by atoms with van der Waals surface area (Å²) < 4.78 is 5.43. The molecule has 0 aromatic heterocycles. The Balaban J connectivity index is 1.37. The summed E-state index contributed by atoms with van der Waals surface area (Å²) in [6.07, 6.45) is -0.761. The molecule has 0 saturated carbocycles. The average molecular weight is 446 g/mol. The lowest BCUT2D eigenvalue weighted by molar-refractivity contribution is -0.117. The van der Waals surface area contributed by atoms with E-state index in [-0.39, 0.29) is 29.5 Å². The van der Waals surface area contributed by atoms with Crippen LogP contribution < -0.4 is 10.6 Å². The van der Waals surface area contributed by atoms with E-state index in [1.54, 1.807) is 0 Å². The topological polar surface area (TPSA) is 125 Å². The van der Waals surface area contributed by atoms with Gasteiger partial charge in [0.25, 0.3) is 0 Å². The molecule has 1 unspecified atom stereocenters. The maximum absolute atomic E-state index is 12.4. The van der Waals surface area contributed by atoms with E-state index in [9.17, 15) is 19.5 Å². The summed E-state index contributed by atoms with van der Waals surface area (Å²) in [7, 11) is 0. The molecule has 8 nitrogen and oxygen atoms in total. The van der Waals surface area contributed by atoms with Gasteiger partial charge in [0.15, 0.2) is 0 Å². The van der Waals surface area contributed by atoms with Crippen LogP contribution in [0.25, 0.3) is 11.1 Å². The quantitative estimate of drug-likeness (QED) is 0.425. The number of hydrogen-bond donors (Lipinski definition) is 4. The highest BCUT2D eigenvalue weighted by Gasteiger charge is 2.29. The van der Waals surface area contributed by atoms with Gasteiger partial charge in [-0.3, -0.25) is 4.79 Å². The van der Waals surface area contributed by atoms with Crippen LogP contribution in [0.1, 0.15) is 34.3 Å².